The molecule has 0 unspecified atom stereocenters. The molecular weight excluding hydrogens is 332 g/mol. The van der Waals surface area contributed by atoms with Crippen molar-refractivity contribution in [3.8, 4) is 0 Å². The van der Waals surface area contributed by atoms with Gasteiger partial charge < -0.3 is 9.80 Å². The van der Waals surface area contributed by atoms with E-state index >= 15 is 0 Å². The summed E-state index contributed by atoms with van der Waals surface area (Å²) in [5.74, 6) is 2.83. The average Bonchev–Trinajstić information content (AvgIpc) is 2.73. The van der Waals surface area contributed by atoms with E-state index in [2.05, 4.69) is 76.5 Å². The lowest BCUT2D eigenvalue weighted by Crippen LogP contribution is -2.30. The SMILES string of the molecule is Cc1nc(N2CCCCC2)cc(N(Cc2ccccc2)c2ccccc2)n1. The van der Waals surface area contributed by atoms with E-state index in [9.17, 15) is 0 Å². The summed E-state index contributed by atoms with van der Waals surface area (Å²) in [4.78, 5) is 14.2. The fourth-order valence-electron chi connectivity index (χ4n) is 3.64. The fourth-order valence-corrected chi connectivity index (χ4v) is 3.64. The van der Waals surface area contributed by atoms with E-state index in [-0.39, 0.29) is 0 Å². The molecule has 1 aliphatic heterocycles. The van der Waals surface area contributed by atoms with E-state index in [1.807, 2.05) is 6.92 Å². The van der Waals surface area contributed by atoms with Crippen molar-refractivity contribution in [2.24, 2.45) is 0 Å². The van der Waals surface area contributed by atoms with Gasteiger partial charge >= 0.3 is 0 Å². The minimum Gasteiger partial charge on any atom is -0.356 e. The van der Waals surface area contributed by atoms with Gasteiger partial charge in [-0.2, -0.15) is 0 Å². The molecule has 0 N–H and O–H groups in total. The molecule has 4 heteroatoms. The number of rotatable bonds is 5. The van der Waals surface area contributed by atoms with Crippen LogP contribution in [0.25, 0.3) is 0 Å². The third-order valence-corrected chi connectivity index (χ3v) is 5.02. The van der Waals surface area contributed by atoms with Crippen LogP contribution in [0, 0.1) is 6.92 Å². The van der Waals surface area contributed by atoms with Crippen LogP contribution in [-0.2, 0) is 6.54 Å². The number of aromatic nitrogens is 2. The van der Waals surface area contributed by atoms with Crippen LogP contribution in [0.15, 0.2) is 66.7 Å². The van der Waals surface area contributed by atoms with Crippen molar-refractivity contribution in [3.63, 3.8) is 0 Å². The van der Waals surface area contributed by atoms with E-state index in [4.69, 9.17) is 9.97 Å². The van der Waals surface area contributed by atoms with Crippen molar-refractivity contribution in [2.75, 3.05) is 22.9 Å². The molecule has 4 nitrogen and oxygen atoms in total. The summed E-state index contributed by atoms with van der Waals surface area (Å²) < 4.78 is 0. The van der Waals surface area contributed by atoms with Crippen molar-refractivity contribution >= 4 is 17.3 Å². The molecule has 3 aromatic rings. The number of benzene rings is 2. The lowest BCUT2D eigenvalue weighted by molar-refractivity contribution is 0.572. The first-order valence-corrected chi connectivity index (χ1v) is 9.77. The predicted octanol–water partition coefficient (Wildman–Crippen LogP) is 5.11. The maximum absolute atomic E-state index is 4.79. The third kappa shape index (κ3) is 4.27. The topological polar surface area (TPSA) is 32.3 Å². The highest BCUT2D eigenvalue weighted by Crippen LogP contribution is 2.29. The van der Waals surface area contributed by atoms with E-state index < -0.39 is 0 Å². The number of anilines is 3. The molecule has 1 saturated heterocycles. The number of aryl methyl sites for hydroxylation is 1. The van der Waals surface area contributed by atoms with Gasteiger partial charge in [0.05, 0.1) is 0 Å². The highest BCUT2D eigenvalue weighted by atomic mass is 15.2. The van der Waals surface area contributed by atoms with Crippen molar-refractivity contribution in [1.29, 1.82) is 0 Å². The molecule has 0 aliphatic carbocycles. The maximum atomic E-state index is 4.79. The van der Waals surface area contributed by atoms with Crippen LogP contribution in [0.2, 0.25) is 0 Å². The monoisotopic (exact) mass is 358 g/mol. The van der Waals surface area contributed by atoms with Crippen LogP contribution in [0.1, 0.15) is 30.7 Å². The Morgan fingerprint density at radius 1 is 0.852 bits per heavy atom. The summed E-state index contributed by atoms with van der Waals surface area (Å²) >= 11 is 0. The average molecular weight is 358 g/mol. The first-order chi connectivity index (χ1) is 13.3. The van der Waals surface area contributed by atoms with E-state index in [0.29, 0.717) is 0 Å². The molecule has 0 spiro atoms. The molecule has 2 heterocycles. The highest BCUT2D eigenvalue weighted by molar-refractivity contribution is 5.63. The molecule has 0 atom stereocenters. The maximum Gasteiger partial charge on any atom is 0.139 e. The Bertz CT molecular complexity index is 858. The number of hydrogen-bond donors (Lipinski definition) is 0. The molecule has 0 bridgehead atoms. The van der Waals surface area contributed by atoms with Gasteiger partial charge in [-0.15, -0.1) is 0 Å². The molecule has 138 valence electrons. The van der Waals surface area contributed by atoms with Crippen LogP contribution in [0.4, 0.5) is 17.3 Å². The highest BCUT2D eigenvalue weighted by Gasteiger charge is 2.17. The summed E-state index contributed by atoms with van der Waals surface area (Å²) in [7, 11) is 0. The molecule has 0 radical (unpaired) electrons. The summed E-state index contributed by atoms with van der Waals surface area (Å²) in [6.45, 7) is 4.93. The molecule has 1 fully saturated rings. The third-order valence-electron chi connectivity index (χ3n) is 5.02. The van der Waals surface area contributed by atoms with Gasteiger partial charge in [-0.05, 0) is 43.9 Å². The van der Waals surface area contributed by atoms with Gasteiger partial charge in [-0.3, -0.25) is 0 Å². The van der Waals surface area contributed by atoms with Crippen molar-refractivity contribution in [2.45, 2.75) is 32.7 Å². The van der Waals surface area contributed by atoms with Crippen LogP contribution in [0.3, 0.4) is 0 Å². The fraction of sp³-hybridized carbons (Fsp3) is 0.304. The summed E-state index contributed by atoms with van der Waals surface area (Å²) in [5.41, 5.74) is 2.40. The second-order valence-electron chi connectivity index (χ2n) is 7.09. The molecule has 4 rings (SSSR count). The Morgan fingerprint density at radius 2 is 1.52 bits per heavy atom. The lowest BCUT2D eigenvalue weighted by atomic mass is 10.1. The zero-order valence-corrected chi connectivity index (χ0v) is 15.9. The smallest absolute Gasteiger partial charge is 0.139 e. The normalized spacial score (nSPS) is 14.2. The van der Waals surface area contributed by atoms with Gasteiger partial charge in [0.2, 0.25) is 0 Å². The molecular formula is C23H26N4. The first kappa shape index (κ1) is 17.5. The minimum absolute atomic E-state index is 0.779. The Morgan fingerprint density at radius 3 is 2.22 bits per heavy atom. The Hall–Kier alpha value is -2.88. The first-order valence-electron chi connectivity index (χ1n) is 9.77. The largest absolute Gasteiger partial charge is 0.356 e. The zero-order chi connectivity index (χ0) is 18.5. The standard InChI is InChI=1S/C23H26N4/c1-19-24-22(26-15-9-4-10-16-26)17-23(25-19)27(21-13-7-3-8-14-21)18-20-11-5-2-6-12-20/h2-3,5-8,11-14,17H,4,9-10,15-16,18H2,1H3. The quantitative estimate of drug-likeness (QED) is 0.634. The lowest BCUT2D eigenvalue weighted by Gasteiger charge is -2.30. The number of para-hydroxylation sites is 1. The summed E-state index contributed by atoms with van der Waals surface area (Å²) in [5, 5.41) is 0. The Kier molecular flexibility index (Phi) is 5.33. The predicted molar refractivity (Wildman–Crippen MR) is 112 cm³/mol. The number of piperidine rings is 1. The van der Waals surface area contributed by atoms with Gasteiger partial charge in [0.1, 0.15) is 17.5 Å². The van der Waals surface area contributed by atoms with Crippen LogP contribution < -0.4 is 9.80 Å². The van der Waals surface area contributed by atoms with E-state index in [1.54, 1.807) is 0 Å². The van der Waals surface area contributed by atoms with Gasteiger partial charge in [0.15, 0.2) is 0 Å². The van der Waals surface area contributed by atoms with Crippen molar-refractivity contribution in [1.82, 2.24) is 9.97 Å². The number of hydrogen-bond acceptors (Lipinski definition) is 4. The molecule has 2 aromatic carbocycles. The summed E-state index contributed by atoms with van der Waals surface area (Å²) in [6, 6.07) is 23.2. The minimum atomic E-state index is 0.779. The second-order valence-corrected chi connectivity index (χ2v) is 7.09. The van der Waals surface area contributed by atoms with Crippen molar-refractivity contribution in [3.05, 3.63) is 78.1 Å². The molecule has 1 aliphatic rings. The van der Waals surface area contributed by atoms with E-state index in [0.717, 1.165) is 42.8 Å². The van der Waals surface area contributed by atoms with Gasteiger partial charge in [0.25, 0.3) is 0 Å². The van der Waals surface area contributed by atoms with Gasteiger partial charge in [-0.25, -0.2) is 9.97 Å². The molecule has 27 heavy (non-hydrogen) atoms. The van der Waals surface area contributed by atoms with E-state index in [1.165, 1.54) is 24.8 Å². The molecule has 1 aromatic heterocycles. The zero-order valence-electron chi connectivity index (χ0n) is 15.9. The molecule has 0 saturated carbocycles. The number of nitrogens with zero attached hydrogens (tertiary/aromatic N) is 4. The van der Waals surface area contributed by atoms with Gasteiger partial charge in [-0.1, -0.05) is 48.5 Å². The Balaban J connectivity index is 1.72. The second kappa shape index (κ2) is 8.21. The van der Waals surface area contributed by atoms with Crippen LogP contribution in [0.5, 0.6) is 0 Å². The summed E-state index contributed by atoms with van der Waals surface area (Å²) in [6.07, 6.45) is 3.80. The van der Waals surface area contributed by atoms with Crippen molar-refractivity contribution < 1.29 is 0 Å². The van der Waals surface area contributed by atoms with Crippen LogP contribution >= 0.6 is 0 Å². The Labute approximate surface area is 161 Å². The van der Waals surface area contributed by atoms with Gasteiger partial charge in [0, 0.05) is 31.4 Å². The molecule has 0 amide bonds. The van der Waals surface area contributed by atoms with Crippen LogP contribution in [-0.4, -0.2) is 23.1 Å².